The lowest BCUT2D eigenvalue weighted by atomic mass is 10.1. The molecule has 0 heterocycles. The molecule has 114 valence electrons. The fraction of sp³-hybridized carbons (Fsp3) is 0.400. The van der Waals surface area contributed by atoms with Gasteiger partial charge in [0.25, 0.3) is 11.8 Å². The van der Waals surface area contributed by atoms with Crippen molar-refractivity contribution in [1.29, 1.82) is 0 Å². The van der Waals surface area contributed by atoms with Crippen LogP contribution in [-0.4, -0.2) is 56.7 Å². The predicted octanol–water partition coefficient (Wildman–Crippen LogP) is -0.569. The molecule has 6 heteroatoms. The zero-order valence-corrected chi connectivity index (χ0v) is 12.9. The average molecular weight is 292 g/mol. The molecule has 21 heavy (non-hydrogen) atoms. The number of carbonyl (C=O) groups excluding carboxylic acids is 3. The summed E-state index contributed by atoms with van der Waals surface area (Å²) in [5.41, 5.74) is 1.13. The van der Waals surface area contributed by atoms with Crippen LogP contribution in [0.5, 0.6) is 0 Å². The molecule has 0 aliphatic heterocycles. The number of amides is 2. The molecule has 0 fully saturated rings. The summed E-state index contributed by atoms with van der Waals surface area (Å²) in [4.78, 5) is 37.0. The molecule has 2 amide bonds. The molecular formula is C15H22N3O3+. The second-order valence-electron chi connectivity index (χ2n) is 5.28. The molecule has 0 bridgehead atoms. The fourth-order valence-electron chi connectivity index (χ4n) is 1.77. The van der Waals surface area contributed by atoms with Crippen LogP contribution in [0.2, 0.25) is 0 Å². The Bertz CT molecular complexity index is 541. The first-order valence-electron chi connectivity index (χ1n) is 6.72. The van der Waals surface area contributed by atoms with Crippen molar-refractivity contribution in [2.24, 2.45) is 0 Å². The Kier molecular flexibility index (Phi) is 6.05. The fourth-order valence-corrected chi connectivity index (χ4v) is 1.77. The zero-order chi connectivity index (χ0) is 16.0. The molecule has 0 radical (unpaired) electrons. The highest BCUT2D eigenvalue weighted by Gasteiger charge is 2.15. The minimum Gasteiger partial charge on any atom is -0.344 e. The van der Waals surface area contributed by atoms with Crippen LogP contribution in [-0.2, 0) is 9.59 Å². The van der Waals surface area contributed by atoms with Crippen LogP contribution in [0.15, 0.2) is 24.3 Å². The summed E-state index contributed by atoms with van der Waals surface area (Å²) >= 11 is 0. The van der Waals surface area contributed by atoms with Gasteiger partial charge in [-0.1, -0.05) is 12.1 Å². The van der Waals surface area contributed by atoms with E-state index in [0.717, 1.165) is 4.90 Å². The van der Waals surface area contributed by atoms with E-state index in [9.17, 15) is 14.4 Å². The number of anilines is 1. The topological polar surface area (TPSA) is 70.9 Å². The minimum absolute atomic E-state index is 0.0288. The van der Waals surface area contributed by atoms with E-state index >= 15 is 0 Å². The largest absolute Gasteiger partial charge is 0.344 e. The number of rotatable bonds is 6. The lowest BCUT2D eigenvalue weighted by Gasteiger charge is -2.16. The van der Waals surface area contributed by atoms with Gasteiger partial charge in [0.15, 0.2) is 18.9 Å². The number of carbonyl (C=O) groups is 3. The van der Waals surface area contributed by atoms with E-state index in [1.54, 1.807) is 45.4 Å². The summed E-state index contributed by atoms with van der Waals surface area (Å²) in [6, 6.07) is 6.79. The zero-order valence-electron chi connectivity index (χ0n) is 12.9. The van der Waals surface area contributed by atoms with Gasteiger partial charge in [0, 0.05) is 25.3 Å². The molecule has 0 saturated carbocycles. The highest BCUT2D eigenvalue weighted by Crippen LogP contribution is 2.10. The van der Waals surface area contributed by atoms with Gasteiger partial charge in [-0.25, -0.2) is 0 Å². The van der Waals surface area contributed by atoms with E-state index in [1.165, 1.54) is 11.8 Å². The van der Waals surface area contributed by atoms with Gasteiger partial charge < -0.3 is 15.1 Å². The maximum absolute atomic E-state index is 11.9. The first-order valence-corrected chi connectivity index (χ1v) is 6.72. The van der Waals surface area contributed by atoms with E-state index in [-0.39, 0.29) is 30.7 Å². The first kappa shape index (κ1) is 16.8. The molecule has 0 spiro atoms. The Morgan fingerprint density at radius 2 is 1.86 bits per heavy atom. The highest BCUT2D eigenvalue weighted by atomic mass is 16.2. The molecule has 2 N–H and O–H groups in total. The van der Waals surface area contributed by atoms with E-state index in [2.05, 4.69) is 5.32 Å². The maximum atomic E-state index is 11.9. The molecule has 0 aromatic heterocycles. The van der Waals surface area contributed by atoms with Crippen molar-refractivity contribution in [3.8, 4) is 0 Å². The lowest BCUT2D eigenvalue weighted by Crippen LogP contribution is -3.11. The van der Waals surface area contributed by atoms with Gasteiger partial charge in [0.2, 0.25) is 0 Å². The summed E-state index contributed by atoms with van der Waals surface area (Å²) in [5, 5.41) is 2.73. The van der Waals surface area contributed by atoms with Gasteiger partial charge in [-0.15, -0.1) is 0 Å². The normalized spacial score (nSPS) is 11.6. The molecule has 1 aromatic carbocycles. The van der Waals surface area contributed by atoms with Gasteiger partial charge in [0.05, 0.1) is 7.05 Å². The van der Waals surface area contributed by atoms with Crippen molar-refractivity contribution in [1.82, 2.24) is 4.90 Å². The number of hydrogen-bond donors (Lipinski definition) is 2. The second kappa shape index (κ2) is 7.54. The predicted molar refractivity (Wildman–Crippen MR) is 80.4 cm³/mol. The number of quaternary nitrogens is 1. The molecule has 0 aliphatic carbocycles. The van der Waals surface area contributed by atoms with Crippen molar-refractivity contribution in [2.45, 2.75) is 6.92 Å². The molecule has 1 aromatic rings. The van der Waals surface area contributed by atoms with Crippen LogP contribution in [0, 0.1) is 0 Å². The summed E-state index contributed by atoms with van der Waals surface area (Å²) in [5.74, 6) is -0.274. The number of nitrogens with zero attached hydrogens (tertiary/aromatic N) is 1. The summed E-state index contributed by atoms with van der Waals surface area (Å²) in [6.45, 7) is 1.92. The van der Waals surface area contributed by atoms with Crippen molar-refractivity contribution in [3.63, 3.8) is 0 Å². The summed E-state index contributed by atoms with van der Waals surface area (Å²) in [7, 11) is 5.15. The van der Waals surface area contributed by atoms with Crippen molar-refractivity contribution < 1.29 is 19.3 Å². The number of hydrogen-bond acceptors (Lipinski definition) is 3. The number of Topliss-reactive ketones (excluding diaryl/α,β-unsaturated/α-hetero) is 1. The number of likely N-dealkylation sites (N-methyl/N-ethyl adjacent to an activating group) is 2. The van der Waals surface area contributed by atoms with E-state index in [0.29, 0.717) is 11.3 Å². The Morgan fingerprint density at radius 3 is 2.43 bits per heavy atom. The number of ketones is 1. The van der Waals surface area contributed by atoms with E-state index < -0.39 is 0 Å². The van der Waals surface area contributed by atoms with Crippen molar-refractivity contribution in [3.05, 3.63) is 29.8 Å². The Labute approximate surface area is 124 Å². The molecule has 1 atom stereocenters. The van der Waals surface area contributed by atoms with E-state index in [4.69, 9.17) is 0 Å². The van der Waals surface area contributed by atoms with Gasteiger partial charge in [0.1, 0.15) is 0 Å². The molecule has 0 aliphatic rings. The molecule has 1 rings (SSSR count). The summed E-state index contributed by atoms with van der Waals surface area (Å²) in [6.07, 6.45) is 0. The number of nitrogens with one attached hydrogen (secondary N) is 2. The molecule has 1 unspecified atom stereocenters. The van der Waals surface area contributed by atoms with Crippen LogP contribution in [0.3, 0.4) is 0 Å². The molecule has 0 saturated heterocycles. The minimum atomic E-state index is -0.195. The Balaban J connectivity index is 2.55. The van der Waals surface area contributed by atoms with Crippen LogP contribution in [0.4, 0.5) is 5.69 Å². The summed E-state index contributed by atoms with van der Waals surface area (Å²) < 4.78 is 0. The van der Waals surface area contributed by atoms with Crippen LogP contribution >= 0.6 is 0 Å². The van der Waals surface area contributed by atoms with E-state index in [1.807, 2.05) is 0 Å². The third-order valence-electron chi connectivity index (χ3n) is 2.97. The molecular weight excluding hydrogens is 270 g/mol. The lowest BCUT2D eigenvalue weighted by molar-refractivity contribution is -0.862. The third-order valence-corrected chi connectivity index (χ3v) is 2.97. The molecule has 6 nitrogen and oxygen atoms in total. The quantitative estimate of drug-likeness (QED) is 0.690. The first-order chi connectivity index (χ1) is 9.79. The Morgan fingerprint density at radius 1 is 1.19 bits per heavy atom. The Hall–Kier alpha value is -2.21. The monoisotopic (exact) mass is 292 g/mol. The SMILES string of the molecule is CC(=O)c1cccc(NC(=O)C[NH+](C)CC(=O)N(C)C)c1. The average Bonchev–Trinajstić information content (AvgIpc) is 2.38. The number of benzene rings is 1. The van der Waals surface area contributed by atoms with Gasteiger partial charge >= 0.3 is 0 Å². The van der Waals surface area contributed by atoms with Crippen LogP contribution in [0.1, 0.15) is 17.3 Å². The van der Waals surface area contributed by atoms with Gasteiger partial charge in [-0.3, -0.25) is 14.4 Å². The van der Waals surface area contributed by atoms with Gasteiger partial charge in [-0.05, 0) is 19.1 Å². The maximum Gasteiger partial charge on any atom is 0.279 e. The second-order valence-corrected chi connectivity index (χ2v) is 5.28. The van der Waals surface area contributed by atoms with Gasteiger partial charge in [-0.2, -0.15) is 0 Å². The van der Waals surface area contributed by atoms with Crippen molar-refractivity contribution >= 4 is 23.3 Å². The van der Waals surface area contributed by atoms with Crippen LogP contribution in [0.25, 0.3) is 0 Å². The van der Waals surface area contributed by atoms with Crippen molar-refractivity contribution in [2.75, 3.05) is 39.5 Å². The highest BCUT2D eigenvalue weighted by molar-refractivity contribution is 5.97. The standard InChI is InChI=1S/C15H21N3O3/c1-11(19)12-6-5-7-13(8-12)16-14(20)9-18(4)10-15(21)17(2)3/h5-8H,9-10H2,1-4H3,(H,16,20)/p+1. The van der Waals surface area contributed by atoms with Crippen LogP contribution < -0.4 is 10.2 Å². The smallest absolute Gasteiger partial charge is 0.279 e. The third kappa shape index (κ3) is 5.74.